The number of rotatable bonds is 5. The lowest BCUT2D eigenvalue weighted by molar-refractivity contribution is -0.123. The van der Waals surface area contributed by atoms with Gasteiger partial charge in [0.15, 0.2) is 0 Å². The molecule has 0 saturated heterocycles. The highest BCUT2D eigenvalue weighted by Gasteiger charge is 2.31. The second-order valence-electron chi connectivity index (χ2n) is 4.98. The van der Waals surface area contributed by atoms with E-state index in [1.165, 1.54) is 0 Å². The average Bonchev–Trinajstić information content (AvgIpc) is 2.72. The van der Waals surface area contributed by atoms with Crippen molar-refractivity contribution in [3.63, 3.8) is 0 Å². The van der Waals surface area contributed by atoms with Gasteiger partial charge in [0.25, 0.3) is 0 Å². The Balaban J connectivity index is 2.01. The highest BCUT2D eigenvalue weighted by atomic mass is 16.3. The highest BCUT2D eigenvalue weighted by Crippen LogP contribution is 2.31. The summed E-state index contributed by atoms with van der Waals surface area (Å²) in [6.45, 7) is 6.17. The summed E-state index contributed by atoms with van der Waals surface area (Å²) >= 11 is 0. The van der Waals surface area contributed by atoms with Crippen molar-refractivity contribution in [2.75, 3.05) is 19.6 Å². The van der Waals surface area contributed by atoms with Crippen LogP contribution in [-0.4, -0.2) is 41.7 Å². The number of amides is 1. The number of aliphatic hydroxyl groups excluding tert-OH is 1. The maximum atomic E-state index is 12.0. The molecule has 2 N–H and O–H groups in total. The Morgan fingerprint density at radius 3 is 2.74 bits per heavy atom. The summed E-state index contributed by atoms with van der Waals surface area (Å²) in [4.78, 5) is 14.1. The third-order valence-corrected chi connectivity index (χ3v) is 3.78. The van der Waals surface area contributed by atoms with Crippen LogP contribution in [0.2, 0.25) is 0 Å². The van der Waals surface area contributed by atoms with Gasteiger partial charge in [-0.1, -0.05) is 38.1 Å². The van der Waals surface area contributed by atoms with Crippen LogP contribution < -0.4 is 5.32 Å². The van der Waals surface area contributed by atoms with Crippen molar-refractivity contribution < 1.29 is 9.90 Å². The first-order chi connectivity index (χ1) is 9.15. The standard InChI is InChI=1S/C15H22N2O2/c1-3-17(4-2)10-14(19)16-15-12-8-6-5-7-11(12)9-13(15)18/h5-8,13,15,18H,3-4,9-10H2,1-2H3,(H,16,19)/t13-,15+/m0/s1. The minimum Gasteiger partial charge on any atom is -0.390 e. The van der Waals surface area contributed by atoms with E-state index in [2.05, 4.69) is 10.2 Å². The fourth-order valence-corrected chi connectivity index (χ4v) is 2.62. The van der Waals surface area contributed by atoms with Crippen LogP contribution in [0, 0.1) is 0 Å². The smallest absolute Gasteiger partial charge is 0.234 e. The third kappa shape index (κ3) is 3.14. The van der Waals surface area contributed by atoms with Crippen LogP contribution in [0.3, 0.4) is 0 Å². The SMILES string of the molecule is CCN(CC)CC(=O)N[C@@H]1c2ccccc2C[C@@H]1O. The maximum absolute atomic E-state index is 12.0. The largest absolute Gasteiger partial charge is 0.390 e. The summed E-state index contributed by atoms with van der Waals surface area (Å²) in [5, 5.41) is 13.0. The number of nitrogens with one attached hydrogen (secondary N) is 1. The molecule has 2 atom stereocenters. The van der Waals surface area contributed by atoms with Gasteiger partial charge in [-0.2, -0.15) is 0 Å². The molecule has 1 aromatic rings. The number of carbonyl (C=O) groups excluding carboxylic acids is 1. The molecular formula is C15H22N2O2. The van der Waals surface area contributed by atoms with Gasteiger partial charge in [-0.25, -0.2) is 0 Å². The molecule has 0 fully saturated rings. The molecule has 0 unspecified atom stereocenters. The zero-order valence-electron chi connectivity index (χ0n) is 11.6. The summed E-state index contributed by atoms with van der Waals surface area (Å²) in [5.41, 5.74) is 2.17. The molecule has 0 saturated carbocycles. The molecule has 1 aliphatic carbocycles. The summed E-state index contributed by atoms with van der Waals surface area (Å²) in [6.07, 6.45) is 0.102. The van der Waals surface area contributed by atoms with Gasteiger partial charge in [0.2, 0.25) is 5.91 Å². The molecule has 1 aromatic carbocycles. The van der Waals surface area contributed by atoms with Gasteiger partial charge in [0, 0.05) is 6.42 Å². The Hall–Kier alpha value is -1.39. The van der Waals surface area contributed by atoms with Gasteiger partial charge in [0.05, 0.1) is 18.7 Å². The van der Waals surface area contributed by atoms with Gasteiger partial charge in [0.1, 0.15) is 0 Å². The van der Waals surface area contributed by atoms with E-state index in [0.29, 0.717) is 13.0 Å². The van der Waals surface area contributed by atoms with Crippen LogP contribution in [0.5, 0.6) is 0 Å². The van der Waals surface area contributed by atoms with E-state index in [-0.39, 0.29) is 11.9 Å². The van der Waals surface area contributed by atoms with Crippen molar-refractivity contribution in [2.45, 2.75) is 32.4 Å². The molecular weight excluding hydrogens is 240 g/mol. The van der Waals surface area contributed by atoms with E-state index in [1.807, 2.05) is 38.1 Å². The van der Waals surface area contributed by atoms with Crippen LogP contribution in [0.25, 0.3) is 0 Å². The Labute approximate surface area is 114 Å². The fraction of sp³-hybridized carbons (Fsp3) is 0.533. The number of aliphatic hydroxyl groups is 1. The van der Waals surface area contributed by atoms with Crippen LogP contribution >= 0.6 is 0 Å². The lowest BCUT2D eigenvalue weighted by Crippen LogP contribution is -2.41. The van der Waals surface area contributed by atoms with Gasteiger partial charge < -0.3 is 10.4 Å². The zero-order chi connectivity index (χ0) is 13.8. The van der Waals surface area contributed by atoms with Crippen LogP contribution in [0.1, 0.15) is 31.0 Å². The van der Waals surface area contributed by atoms with E-state index >= 15 is 0 Å². The van der Waals surface area contributed by atoms with E-state index in [4.69, 9.17) is 0 Å². The van der Waals surface area contributed by atoms with Gasteiger partial charge in [-0.3, -0.25) is 9.69 Å². The normalized spacial score (nSPS) is 21.5. The Morgan fingerprint density at radius 1 is 1.37 bits per heavy atom. The van der Waals surface area contributed by atoms with Gasteiger partial charge in [-0.05, 0) is 24.2 Å². The summed E-state index contributed by atoms with van der Waals surface area (Å²) in [7, 11) is 0. The first-order valence-corrected chi connectivity index (χ1v) is 6.93. The van der Waals surface area contributed by atoms with Crippen molar-refractivity contribution in [1.29, 1.82) is 0 Å². The van der Waals surface area contributed by atoms with Crippen molar-refractivity contribution >= 4 is 5.91 Å². The van der Waals surface area contributed by atoms with Crippen molar-refractivity contribution in [2.24, 2.45) is 0 Å². The van der Waals surface area contributed by atoms with E-state index in [0.717, 1.165) is 24.2 Å². The molecule has 4 heteroatoms. The number of hydrogen-bond acceptors (Lipinski definition) is 3. The summed E-state index contributed by atoms with van der Waals surface area (Å²) in [5.74, 6) is -0.0237. The lowest BCUT2D eigenvalue weighted by Gasteiger charge is -2.22. The predicted molar refractivity (Wildman–Crippen MR) is 74.8 cm³/mol. The molecule has 0 heterocycles. The topological polar surface area (TPSA) is 52.6 Å². The van der Waals surface area contributed by atoms with Gasteiger partial charge in [-0.15, -0.1) is 0 Å². The molecule has 0 bridgehead atoms. The highest BCUT2D eigenvalue weighted by molar-refractivity contribution is 5.78. The number of benzene rings is 1. The molecule has 19 heavy (non-hydrogen) atoms. The Bertz CT molecular complexity index is 444. The summed E-state index contributed by atoms with van der Waals surface area (Å²) in [6, 6.07) is 7.63. The monoisotopic (exact) mass is 262 g/mol. The molecule has 104 valence electrons. The number of carbonyl (C=O) groups is 1. The molecule has 0 spiro atoms. The predicted octanol–water partition coefficient (Wildman–Crippen LogP) is 1.10. The molecule has 0 radical (unpaired) electrons. The minimum absolute atomic E-state index is 0.0237. The second kappa shape index (κ2) is 6.17. The lowest BCUT2D eigenvalue weighted by atomic mass is 10.1. The molecule has 4 nitrogen and oxygen atoms in total. The van der Waals surface area contributed by atoms with Crippen LogP contribution in [0.4, 0.5) is 0 Å². The third-order valence-electron chi connectivity index (χ3n) is 3.78. The van der Waals surface area contributed by atoms with E-state index in [9.17, 15) is 9.90 Å². The molecule has 0 aromatic heterocycles. The Kier molecular flexibility index (Phi) is 4.56. The minimum atomic E-state index is -0.516. The maximum Gasteiger partial charge on any atom is 0.234 e. The van der Waals surface area contributed by atoms with Crippen molar-refractivity contribution in [3.8, 4) is 0 Å². The number of likely N-dealkylation sites (N-methyl/N-ethyl adjacent to an activating group) is 1. The first kappa shape index (κ1) is 14.0. The van der Waals surface area contributed by atoms with Crippen LogP contribution in [0.15, 0.2) is 24.3 Å². The number of hydrogen-bond donors (Lipinski definition) is 2. The van der Waals surface area contributed by atoms with Crippen LogP contribution in [-0.2, 0) is 11.2 Å². The van der Waals surface area contributed by atoms with Crippen molar-refractivity contribution in [3.05, 3.63) is 35.4 Å². The second-order valence-corrected chi connectivity index (χ2v) is 4.98. The zero-order valence-corrected chi connectivity index (χ0v) is 11.6. The number of nitrogens with zero attached hydrogens (tertiary/aromatic N) is 1. The van der Waals surface area contributed by atoms with E-state index in [1.54, 1.807) is 0 Å². The molecule has 1 amide bonds. The molecule has 1 aliphatic rings. The first-order valence-electron chi connectivity index (χ1n) is 6.93. The average molecular weight is 262 g/mol. The molecule has 0 aliphatic heterocycles. The Morgan fingerprint density at radius 2 is 2.05 bits per heavy atom. The van der Waals surface area contributed by atoms with Crippen molar-refractivity contribution in [1.82, 2.24) is 10.2 Å². The van der Waals surface area contributed by atoms with E-state index < -0.39 is 6.10 Å². The van der Waals surface area contributed by atoms with Gasteiger partial charge >= 0.3 is 0 Å². The quantitative estimate of drug-likeness (QED) is 0.835. The summed E-state index contributed by atoms with van der Waals surface area (Å²) < 4.78 is 0. The number of fused-ring (bicyclic) bond motifs is 1. The molecule has 2 rings (SSSR count). The fourth-order valence-electron chi connectivity index (χ4n) is 2.62.